The van der Waals surface area contributed by atoms with Crippen molar-refractivity contribution >= 4 is 22.7 Å². The van der Waals surface area contributed by atoms with Gasteiger partial charge in [0.15, 0.2) is 0 Å². The fourth-order valence-corrected chi connectivity index (χ4v) is 3.30. The van der Waals surface area contributed by atoms with E-state index < -0.39 is 0 Å². The van der Waals surface area contributed by atoms with Crippen LogP contribution in [0.4, 0.5) is 22.7 Å². The molecule has 2 aliphatic heterocycles. The molecular formula is C18H20N4O4. The maximum atomic E-state index is 10.5. The quantitative estimate of drug-likeness (QED) is 0.623. The van der Waals surface area contributed by atoms with Crippen LogP contribution in [0.25, 0.3) is 0 Å². The Balaban J connectivity index is 0.000000151. The molecule has 0 amide bonds. The number of nitrogens with one attached hydrogen (secondary N) is 2. The van der Waals surface area contributed by atoms with Gasteiger partial charge in [-0.2, -0.15) is 0 Å². The Morgan fingerprint density at radius 2 is 1.19 bits per heavy atom. The molecule has 8 nitrogen and oxygen atoms in total. The summed E-state index contributed by atoms with van der Waals surface area (Å²) in [7, 11) is 0. The molecule has 0 saturated carbocycles. The van der Waals surface area contributed by atoms with Crippen molar-refractivity contribution in [2.24, 2.45) is 0 Å². The smallest absolute Gasteiger partial charge is 0.269 e. The van der Waals surface area contributed by atoms with E-state index in [0.29, 0.717) is 12.1 Å². The van der Waals surface area contributed by atoms with Gasteiger partial charge in [0.05, 0.1) is 9.85 Å². The molecule has 2 N–H and O–H groups in total. The Morgan fingerprint density at radius 1 is 0.808 bits per heavy atom. The molecule has 0 unspecified atom stereocenters. The molecule has 2 aromatic rings. The monoisotopic (exact) mass is 356 g/mol. The number of anilines is 2. The molecular weight excluding hydrogens is 336 g/mol. The molecule has 0 saturated heterocycles. The van der Waals surface area contributed by atoms with Crippen molar-refractivity contribution in [3.05, 3.63) is 67.8 Å². The van der Waals surface area contributed by atoms with Gasteiger partial charge in [-0.3, -0.25) is 20.2 Å². The number of fused-ring (bicyclic) bond motifs is 2. The number of benzene rings is 2. The number of hydrogen-bond donors (Lipinski definition) is 2. The van der Waals surface area contributed by atoms with Crippen LogP contribution in [0.2, 0.25) is 0 Å². The van der Waals surface area contributed by atoms with E-state index in [1.807, 2.05) is 0 Å². The van der Waals surface area contributed by atoms with Crippen LogP contribution in [0.3, 0.4) is 0 Å². The normalized spacial score (nSPS) is 19.3. The average Bonchev–Trinajstić information content (AvgIpc) is 3.13. The van der Waals surface area contributed by atoms with E-state index in [9.17, 15) is 20.2 Å². The van der Waals surface area contributed by atoms with Crippen LogP contribution in [0.15, 0.2) is 36.4 Å². The third-order valence-electron chi connectivity index (χ3n) is 4.46. The molecule has 0 bridgehead atoms. The van der Waals surface area contributed by atoms with Gasteiger partial charge in [0.2, 0.25) is 0 Å². The van der Waals surface area contributed by atoms with Gasteiger partial charge in [-0.25, -0.2) is 0 Å². The lowest BCUT2D eigenvalue weighted by Gasteiger charge is -2.00. The summed E-state index contributed by atoms with van der Waals surface area (Å²) in [5.74, 6) is 0. The molecule has 0 spiro atoms. The van der Waals surface area contributed by atoms with Crippen LogP contribution in [0.1, 0.15) is 25.0 Å². The van der Waals surface area contributed by atoms with Crippen molar-refractivity contribution in [1.29, 1.82) is 0 Å². The first-order valence-electron chi connectivity index (χ1n) is 8.41. The van der Waals surface area contributed by atoms with Crippen LogP contribution < -0.4 is 10.6 Å². The minimum atomic E-state index is -0.358. The summed E-state index contributed by atoms with van der Waals surface area (Å²) in [6, 6.07) is 10.7. The summed E-state index contributed by atoms with van der Waals surface area (Å²) in [4.78, 5) is 20.2. The number of non-ortho nitro benzene ring substituents is 2. The molecule has 4 rings (SSSR count). The molecule has 8 heteroatoms. The highest BCUT2D eigenvalue weighted by Gasteiger charge is 2.20. The maximum absolute atomic E-state index is 10.5. The third kappa shape index (κ3) is 3.74. The summed E-state index contributed by atoms with van der Waals surface area (Å²) in [5, 5.41) is 27.4. The van der Waals surface area contributed by atoms with E-state index in [4.69, 9.17) is 0 Å². The van der Waals surface area contributed by atoms with Gasteiger partial charge >= 0.3 is 0 Å². The standard InChI is InChI=1S/2C9H10N2O2/c2*1-6-4-7-5-8(11(12)13)2-3-9(7)10-6/h2*2-3,5-6,10H,4H2,1H3/t2*6-/m11/s1. The second-order valence-electron chi connectivity index (χ2n) is 6.70. The Labute approximate surface area is 150 Å². The maximum Gasteiger partial charge on any atom is 0.269 e. The van der Waals surface area contributed by atoms with E-state index in [-0.39, 0.29) is 21.2 Å². The van der Waals surface area contributed by atoms with Crippen LogP contribution in [-0.4, -0.2) is 21.9 Å². The van der Waals surface area contributed by atoms with Gasteiger partial charge in [-0.1, -0.05) is 0 Å². The second-order valence-corrected chi connectivity index (χ2v) is 6.70. The molecule has 2 atom stereocenters. The van der Waals surface area contributed by atoms with Crippen molar-refractivity contribution in [2.75, 3.05) is 10.6 Å². The van der Waals surface area contributed by atoms with E-state index >= 15 is 0 Å². The summed E-state index contributed by atoms with van der Waals surface area (Å²) in [6.07, 6.45) is 1.74. The first-order chi connectivity index (χ1) is 12.3. The average molecular weight is 356 g/mol. The summed E-state index contributed by atoms with van der Waals surface area (Å²) < 4.78 is 0. The van der Waals surface area contributed by atoms with Crippen molar-refractivity contribution in [2.45, 2.75) is 38.8 Å². The van der Waals surface area contributed by atoms with Crippen molar-refractivity contribution in [3.8, 4) is 0 Å². The van der Waals surface area contributed by atoms with Gasteiger partial charge in [0, 0.05) is 47.7 Å². The van der Waals surface area contributed by atoms with Crippen molar-refractivity contribution in [1.82, 2.24) is 0 Å². The Hall–Kier alpha value is -3.16. The highest BCUT2D eigenvalue weighted by atomic mass is 16.6. The number of nitro groups is 2. The number of nitro benzene ring substituents is 2. The lowest BCUT2D eigenvalue weighted by molar-refractivity contribution is -0.385. The zero-order valence-corrected chi connectivity index (χ0v) is 14.6. The van der Waals surface area contributed by atoms with Gasteiger partial charge in [-0.15, -0.1) is 0 Å². The lowest BCUT2D eigenvalue weighted by atomic mass is 10.1. The number of rotatable bonds is 2. The molecule has 0 fully saturated rings. The first kappa shape index (κ1) is 17.7. The zero-order chi connectivity index (χ0) is 18.8. The number of hydrogen-bond acceptors (Lipinski definition) is 6. The highest BCUT2D eigenvalue weighted by Crippen LogP contribution is 2.29. The number of nitrogens with zero attached hydrogens (tertiary/aromatic N) is 2. The second kappa shape index (κ2) is 6.99. The highest BCUT2D eigenvalue weighted by molar-refractivity contribution is 5.61. The van der Waals surface area contributed by atoms with Gasteiger partial charge in [-0.05, 0) is 49.9 Å². The molecule has 2 aliphatic rings. The Kier molecular flexibility index (Phi) is 4.75. The summed E-state index contributed by atoms with van der Waals surface area (Å²) in [6.45, 7) is 4.12. The molecule has 136 valence electrons. The van der Waals surface area contributed by atoms with Gasteiger partial charge in [0.25, 0.3) is 11.4 Å². The van der Waals surface area contributed by atoms with Crippen LogP contribution >= 0.6 is 0 Å². The lowest BCUT2D eigenvalue weighted by Crippen LogP contribution is -2.08. The van der Waals surface area contributed by atoms with E-state index in [0.717, 1.165) is 35.3 Å². The Morgan fingerprint density at radius 3 is 1.54 bits per heavy atom. The molecule has 26 heavy (non-hydrogen) atoms. The molecule has 0 aromatic heterocycles. The molecule has 2 aromatic carbocycles. The van der Waals surface area contributed by atoms with Crippen LogP contribution in [0, 0.1) is 20.2 Å². The predicted octanol–water partition coefficient (Wildman–Crippen LogP) is 3.90. The van der Waals surface area contributed by atoms with Gasteiger partial charge < -0.3 is 10.6 Å². The first-order valence-corrected chi connectivity index (χ1v) is 8.41. The SMILES string of the molecule is C[C@@H]1Cc2cc([N+](=O)[O-])ccc2N1.C[C@@H]1Cc2cc([N+](=O)[O-])ccc2N1. The fourth-order valence-electron chi connectivity index (χ4n) is 3.30. The third-order valence-corrected chi connectivity index (χ3v) is 4.46. The van der Waals surface area contributed by atoms with Crippen molar-refractivity contribution in [3.63, 3.8) is 0 Å². The summed E-state index contributed by atoms with van der Waals surface area (Å²) >= 11 is 0. The molecule has 0 radical (unpaired) electrons. The summed E-state index contributed by atoms with van der Waals surface area (Å²) in [5.41, 5.74) is 4.49. The Bertz CT molecular complexity index is 797. The van der Waals surface area contributed by atoms with Crippen LogP contribution in [0.5, 0.6) is 0 Å². The van der Waals surface area contributed by atoms with E-state index in [1.54, 1.807) is 24.3 Å². The predicted molar refractivity (Wildman–Crippen MR) is 99.8 cm³/mol. The van der Waals surface area contributed by atoms with E-state index in [1.165, 1.54) is 12.1 Å². The van der Waals surface area contributed by atoms with Crippen LogP contribution in [-0.2, 0) is 12.8 Å². The largest absolute Gasteiger partial charge is 0.382 e. The van der Waals surface area contributed by atoms with E-state index in [2.05, 4.69) is 24.5 Å². The minimum Gasteiger partial charge on any atom is -0.382 e. The molecule has 2 heterocycles. The topological polar surface area (TPSA) is 110 Å². The zero-order valence-electron chi connectivity index (χ0n) is 14.6. The van der Waals surface area contributed by atoms with Gasteiger partial charge in [0.1, 0.15) is 0 Å². The molecule has 0 aliphatic carbocycles. The minimum absolute atomic E-state index is 0.176. The van der Waals surface area contributed by atoms with Crippen molar-refractivity contribution < 1.29 is 9.85 Å². The fraction of sp³-hybridized carbons (Fsp3) is 0.333.